The highest BCUT2D eigenvalue weighted by molar-refractivity contribution is 6.01. The van der Waals surface area contributed by atoms with Crippen molar-refractivity contribution in [2.45, 2.75) is 70.9 Å². The summed E-state index contributed by atoms with van der Waals surface area (Å²) in [6.45, 7) is 6.02. The molecule has 0 radical (unpaired) electrons. The summed E-state index contributed by atoms with van der Waals surface area (Å²) in [5, 5.41) is 7.08. The number of hydrazine groups is 2. The molecule has 32 heavy (non-hydrogen) atoms. The van der Waals surface area contributed by atoms with Gasteiger partial charge in [-0.05, 0) is 82.7 Å². The molecule has 0 spiro atoms. The van der Waals surface area contributed by atoms with Crippen LogP contribution in [-0.2, 0) is 9.53 Å². The molecule has 3 aliphatic rings. The van der Waals surface area contributed by atoms with E-state index in [1.165, 1.54) is 12.0 Å². The first-order valence-electron chi connectivity index (χ1n) is 11.3. The quantitative estimate of drug-likeness (QED) is 0.538. The highest BCUT2D eigenvalue weighted by atomic mass is 16.6. The predicted molar refractivity (Wildman–Crippen MR) is 122 cm³/mol. The van der Waals surface area contributed by atoms with E-state index in [1.807, 2.05) is 45.0 Å². The molecule has 1 saturated heterocycles. The second-order valence-corrected chi connectivity index (χ2v) is 9.40. The molecule has 9 nitrogen and oxygen atoms in total. The Labute approximate surface area is 188 Å². The van der Waals surface area contributed by atoms with Gasteiger partial charge in [0.25, 0.3) is 5.91 Å². The van der Waals surface area contributed by atoms with E-state index in [0.29, 0.717) is 18.1 Å². The normalized spacial score (nSPS) is 21.0. The number of hydrogen-bond donors (Lipinski definition) is 4. The van der Waals surface area contributed by atoms with Crippen molar-refractivity contribution in [1.29, 1.82) is 0 Å². The van der Waals surface area contributed by atoms with Crippen molar-refractivity contribution < 1.29 is 14.3 Å². The van der Waals surface area contributed by atoms with Crippen LogP contribution in [0.1, 0.15) is 64.9 Å². The van der Waals surface area contributed by atoms with Gasteiger partial charge in [0.05, 0.1) is 0 Å². The second-order valence-electron chi connectivity index (χ2n) is 9.40. The van der Waals surface area contributed by atoms with Gasteiger partial charge in [0, 0.05) is 17.8 Å². The van der Waals surface area contributed by atoms with Gasteiger partial charge >= 0.3 is 6.09 Å². The Kier molecular flexibility index (Phi) is 6.36. The standard InChI is InChI=1S/C23H32N6O3/c1-23(2,3)32-22(31)29-14-13-18(15-7-5-4-6-8-15)19(29)21(30)24-17-11-9-16(10-12-17)20-25-27-28-26-20/h9-12,19,27-28H,4-8,13-14H2,1-3H3,(H,24,30)(H,25,26)/t19-/m0/s1. The summed E-state index contributed by atoms with van der Waals surface area (Å²) in [6, 6.07) is 6.77. The van der Waals surface area contributed by atoms with E-state index in [9.17, 15) is 9.59 Å². The van der Waals surface area contributed by atoms with Crippen LogP contribution in [-0.4, -0.2) is 40.9 Å². The van der Waals surface area contributed by atoms with Crippen molar-refractivity contribution in [2.75, 3.05) is 11.9 Å². The fraction of sp³-hybridized carbons (Fsp3) is 0.522. The average Bonchev–Trinajstić information content (AvgIpc) is 3.44. The Hall–Kier alpha value is -3.07. The van der Waals surface area contributed by atoms with Crippen molar-refractivity contribution in [3.63, 3.8) is 0 Å². The van der Waals surface area contributed by atoms with E-state index >= 15 is 0 Å². The Morgan fingerprint density at radius 1 is 1.09 bits per heavy atom. The van der Waals surface area contributed by atoms with Crippen LogP contribution < -0.4 is 21.8 Å². The smallest absolute Gasteiger partial charge is 0.411 e. The van der Waals surface area contributed by atoms with Crippen LogP contribution in [0.25, 0.3) is 0 Å². The number of nitrogens with one attached hydrogen (secondary N) is 4. The largest absolute Gasteiger partial charge is 0.444 e. The van der Waals surface area contributed by atoms with E-state index in [4.69, 9.17) is 4.74 Å². The van der Waals surface area contributed by atoms with Gasteiger partial charge in [-0.25, -0.2) is 10.3 Å². The number of ether oxygens (including phenoxy) is 1. The lowest BCUT2D eigenvalue weighted by Crippen LogP contribution is -2.46. The topological polar surface area (TPSA) is 107 Å². The molecule has 1 saturated carbocycles. The summed E-state index contributed by atoms with van der Waals surface area (Å²) in [5.74, 6) is 0.466. The molecular weight excluding hydrogens is 408 g/mol. The minimum atomic E-state index is -0.632. The third kappa shape index (κ3) is 5.04. The summed E-state index contributed by atoms with van der Waals surface area (Å²) in [6.07, 6.45) is 5.80. The highest BCUT2D eigenvalue weighted by Gasteiger charge is 2.41. The molecule has 2 fully saturated rings. The van der Waals surface area contributed by atoms with Crippen LogP contribution in [0.3, 0.4) is 0 Å². The van der Waals surface area contributed by atoms with Gasteiger partial charge in [-0.3, -0.25) is 15.1 Å². The second kappa shape index (κ2) is 9.20. The van der Waals surface area contributed by atoms with Crippen molar-refractivity contribution in [2.24, 2.45) is 5.10 Å². The molecule has 2 aliphatic heterocycles. The van der Waals surface area contributed by atoms with Gasteiger partial charge in [0.15, 0.2) is 5.84 Å². The molecule has 1 aromatic rings. The number of anilines is 1. The fourth-order valence-corrected chi connectivity index (χ4v) is 4.44. The Bertz CT molecular complexity index is 924. The number of amides is 2. The zero-order chi connectivity index (χ0) is 22.7. The molecule has 2 amide bonds. The SMILES string of the molecule is CC(C)(C)OC(=O)N1CCC(=C2CCCCC2)[C@H]1C(=O)Nc1ccc(C2=NNNN2)cc1. The summed E-state index contributed by atoms with van der Waals surface area (Å²) in [7, 11) is 0. The lowest BCUT2D eigenvalue weighted by Gasteiger charge is -2.29. The number of allylic oxidation sites excluding steroid dienone is 1. The predicted octanol–water partition coefficient (Wildman–Crippen LogP) is 3.17. The van der Waals surface area contributed by atoms with Gasteiger partial charge in [0.1, 0.15) is 11.6 Å². The number of nitrogens with zero attached hydrogens (tertiary/aromatic N) is 2. The Balaban J connectivity index is 1.55. The summed E-state index contributed by atoms with van der Waals surface area (Å²) in [5.41, 5.74) is 11.6. The minimum absolute atomic E-state index is 0.200. The summed E-state index contributed by atoms with van der Waals surface area (Å²) < 4.78 is 5.61. The fourth-order valence-electron chi connectivity index (χ4n) is 4.44. The molecule has 1 aromatic carbocycles. The van der Waals surface area contributed by atoms with Gasteiger partial charge < -0.3 is 10.1 Å². The number of benzene rings is 1. The minimum Gasteiger partial charge on any atom is -0.444 e. The van der Waals surface area contributed by atoms with E-state index in [0.717, 1.165) is 43.2 Å². The molecule has 1 atom stereocenters. The van der Waals surface area contributed by atoms with E-state index < -0.39 is 17.7 Å². The number of carbonyl (C=O) groups is 2. The molecule has 0 aromatic heterocycles. The van der Waals surface area contributed by atoms with E-state index in [1.54, 1.807) is 4.90 Å². The van der Waals surface area contributed by atoms with Gasteiger partial charge in [-0.2, -0.15) is 0 Å². The van der Waals surface area contributed by atoms with Crippen LogP contribution in [0.5, 0.6) is 0 Å². The molecule has 1 aliphatic carbocycles. The first-order chi connectivity index (χ1) is 15.3. The highest BCUT2D eigenvalue weighted by Crippen LogP contribution is 2.35. The molecule has 0 unspecified atom stereocenters. The third-order valence-corrected chi connectivity index (χ3v) is 5.88. The van der Waals surface area contributed by atoms with Crippen LogP contribution in [0.15, 0.2) is 40.5 Å². The maximum atomic E-state index is 13.4. The van der Waals surface area contributed by atoms with Gasteiger partial charge in [0.2, 0.25) is 0 Å². The maximum absolute atomic E-state index is 13.4. The van der Waals surface area contributed by atoms with E-state index in [2.05, 4.69) is 26.9 Å². The first-order valence-corrected chi connectivity index (χ1v) is 11.3. The number of amidine groups is 1. The van der Waals surface area contributed by atoms with Crippen molar-refractivity contribution in [3.05, 3.63) is 41.0 Å². The average molecular weight is 441 g/mol. The monoisotopic (exact) mass is 440 g/mol. The zero-order valence-corrected chi connectivity index (χ0v) is 19.0. The lowest BCUT2D eigenvalue weighted by atomic mass is 9.88. The third-order valence-electron chi connectivity index (χ3n) is 5.88. The molecule has 4 rings (SSSR count). The molecule has 9 heteroatoms. The van der Waals surface area contributed by atoms with Crippen molar-refractivity contribution >= 4 is 23.5 Å². The maximum Gasteiger partial charge on any atom is 0.411 e. The summed E-state index contributed by atoms with van der Waals surface area (Å²) >= 11 is 0. The Morgan fingerprint density at radius 3 is 2.44 bits per heavy atom. The number of hydrazone groups is 1. The molecular formula is C23H32N6O3. The van der Waals surface area contributed by atoms with Gasteiger partial charge in [-0.15, -0.1) is 10.6 Å². The number of rotatable bonds is 3. The van der Waals surface area contributed by atoms with Crippen LogP contribution in [0.4, 0.5) is 10.5 Å². The lowest BCUT2D eigenvalue weighted by molar-refractivity contribution is -0.119. The van der Waals surface area contributed by atoms with Crippen molar-refractivity contribution in [1.82, 2.24) is 21.4 Å². The number of hydrogen-bond acceptors (Lipinski definition) is 7. The molecule has 2 heterocycles. The molecule has 0 bridgehead atoms. The molecule has 4 N–H and O–H groups in total. The number of carbonyl (C=O) groups excluding carboxylic acids is 2. The van der Waals surface area contributed by atoms with Crippen LogP contribution in [0.2, 0.25) is 0 Å². The summed E-state index contributed by atoms with van der Waals surface area (Å²) in [4.78, 5) is 27.9. The van der Waals surface area contributed by atoms with E-state index in [-0.39, 0.29) is 5.91 Å². The molecule has 172 valence electrons. The van der Waals surface area contributed by atoms with Crippen LogP contribution >= 0.6 is 0 Å². The Morgan fingerprint density at radius 2 is 1.81 bits per heavy atom. The van der Waals surface area contributed by atoms with Gasteiger partial charge in [-0.1, -0.05) is 12.0 Å². The van der Waals surface area contributed by atoms with Crippen LogP contribution in [0, 0.1) is 0 Å². The zero-order valence-electron chi connectivity index (χ0n) is 19.0. The first kappa shape index (κ1) is 22.1. The van der Waals surface area contributed by atoms with Crippen molar-refractivity contribution in [3.8, 4) is 0 Å². The number of likely N-dealkylation sites (tertiary alicyclic amines) is 1.